The van der Waals surface area contributed by atoms with Gasteiger partial charge >= 0.3 is 7.67 Å². The Kier molecular flexibility index (Phi) is 6.53. The van der Waals surface area contributed by atoms with Gasteiger partial charge in [-0.1, -0.05) is 0 Å². The molecule has 2 N–H and O–H groups in total. The average molecular weight is 480 g/mol. The molecule has 2 aromatic rings. The Morgan fingerprint density at radius 2 is 2.00 bits per heavy atom. The van der Waals surface area contributed by atoms with Gasteiger partial charge in [0.1, 0.15) is 18.5 Å². The van der Waals surface area contributed by atoms with E-state index in [1.54, 1.807) is 15.6 Å². The summed E-state index contributed by atoms with van der Waals surface area (Å²) in [6.45, 7) is 0.436. The number of hydrogen-bond acceptors (Lipinski definition) is 8. The number of hydrogen-bond donors (Lipinski definition) is 2. The van der Waals surface area contributed by atoms with Gasteiger partial charge in [0.05, 0.1) is 19.0 Å². The zero-order valence-electron chi connectivity index (χ0n) is 16.6. The summed E-state index contributed by atoms with van der Waals surface area (Å²) in [5.41, 5.74) is 1.16. The molecule has 2 aliphatic heterocycles. The van der Waals surface area contributed by atoms with Crippen LogP contribution >= 0.6 is 30.9 Å². The van der Waals surface area contributed by atoms with Crippen molar-refractivity contribution in [2.24, 2.45) is 0 Å². The van der Waals surface area contributed by atoms with Crippen molar-refractivity contribution in [2.45, 2.75) is 24.5 Å². The van der Waals surface area contributed by atoms with Crippen molar-refractivity contribution in [2.75, 3.05) is 50.5 Å². The molecule has 4 heterocycles. The standard InChI is InChI=1S/C16H24Cl2N7O4P/c1-23(2)14-12-15(20-8-19-14)25(9-21-12)16-13-11(10(7-26)28-16)22-30(27,29-13)24(5-3-17)6-4-18/h8-11,13,16,26H,3-7H2,1-2H3,(H,22,27)/t10-,11-,13-,16-,30?/m1/s1. The zero-order chi connectivity index (χ0) is 21.5. The van der Waals surface area contributed by atoms with Crippen LogP contribution in [0.1, 0.15) is 6.23 Å². The van der Waals surface area contributed by atoms with Gasteiger partial charge in [0.25, 0.3) is 0 Å². The van der Waals surface area contributed by atoms with Crippen molar-refractivity contribution in [3.05, 3.63) is 12.7 Å². The lowest BCUT2D eigenvalue weighted by atomic mass is 10.1. The van der Waals surface area contributed by atoms with Gasteiger partial charge in [-0.2, -0.15) is 0 Å². The summed E-state index contributed by atoms with van der Waals surface area (Å²) >= 11 is 11.8. The highest BCUT2D eigenvalue weighted by molar-refractivity contribution is 7.54. The third-order valence-electron chi connectivity index (χ3n) is 5.20. The third kappa shape index (κ3) is 3.71. The first-order valence-electron chi connectivity index (χ1n) is 9.48. The fourth-order valence-electron chi connectivity index (χ4n) is 3.84. The Bertz CT molecular complexity index is 941. The molecule has 2 aromatic heterocycles. The fraction of sp³-hybridized carbons (Fsp3) is 0.688. The highest BCUT2D eigenvalue weighted by atomic mass is 35.5. The third-order valence-corrected chi connectivity index (χ3v) is 7.84. The Hall–Kier alpha value is -1.04. The number of halogens is 2. The zero-order valence-corrected chi connectivity index (χ0v) is 19.0. The van der Waals surface area contributed by atoms with E-state index in [9.17, 15) is 9.67 Å². The highest BCUT2D eigenvalue weighted by Gasteiger charge is 2.57. The summed E-state index contributed by atoms with van der Waals surface area (Å²) in [5.74, 6) is 1.22. The van der Waals surface area contributed by atoms with E-state index in [0.29, 0.717) is 30.1 Å². The number of aliphatic hydroxyl groups is 1. The van der Waals surface area contributed by atoms with Crippen LogP contribution in [0.15, 0.2) is 12.7 Å². The van der Waals surface area contributed by atoms with Crippen molar-refractivity contribution in [1.29, 1.82) is 0 Å². The van der Waals surface area contributed by atoms with Crippen LogP contribution in [0, 0.1) is 0 Å². The summed E-state index contributed by atoms with van der Waals surface area (Å²) in [6, 6.07) is -0.480. The van der Waals surface area contributed by atoms with E-state index in [1.165, 1.54) is 6.33 Å². The predicted octanol–water partition coefficient (Wildman–Crippen LogP) is 1.03. The van der Waals surface area contributed by atoms with Gasteiger partial charge < -0.3 is 14.7 Å². The van der Waals surface area contributed by atoms with E-state index in [4.69, 9.17) is 32.5 Å². The lowest BCUT2D eigenvalue weighted by Crippen LogP contribution is -2.39. The number of anilines is 1. The SMILES string of the molecule is CN(C)c1ncnc2c1ncn2[C@@H]1O[C@H](CO)[C@H]2NP(=O)(N(CCCl)CCCl)O[C@H]21. The number of nitrogens with one attached hydrogen (secondary N) is 1. The molecule has 0 saturated carbocycles. The van der Waals surface area contributed by atoms with Gasteiger partial charge in [-0.15, -0.1) is 23.2 Å². The molecular weight excluding hydrogens is 456 g/mol. The minimum atomic E-state index is -3.42. The minimum absolute atomic E-state index is 0.260. The average Bonchev–Trinajstić information content (AvgIpc) is 3.39. The van der Waals surface area contributed by atoms with Crippen LogP contribution < -0.4 is 9.99 Å². The first-order valence-corrected chi connectivity index (χ1v) is 12.1. The largest absolute Gasteiger partial charge is 0.394 e. The minimum Gasteiger partial charge on any atom is -0.394 e. The van der Waals surface area contributed by atoms with Gasteiger partial charge in [0, 0.05) is 38.9 Å². The summed E-state index contributed by atoms with van der Waals surface area (Å²) in [6.07, 6.45) is 1.12. The number of fused-ring (bicyclic) bond motifs is 2. The second-order valence-corrected chi connectivity index (χ2v) is 10.1. The lowest BCUT2D eigenvalue weighted by molar-refractivity contribution is -0.0474. The Labute approximate surface area is 183 Å². The molecule has 11 nitrogen and oxygen atoms in total. The van der Waals surface area contributed by atoms with Gasteiger partial charge in [0.2, 0.25) is 0 Å². The van der Waals surface area contributed by atoms with Gasteiger partial charge in [-0.3, -0.25) is 13.7 Å². The molecular formula is C16H24Cl2N7O4P. The van der Waals surface area contributed by atoms with E-state index in [2.05, 4.69) is 20.0 Å². The molecule has 1 unspecified atom stereocenters. The Balaban J connectivity index is 1.69. The number of imidazole rings is 1. The van der Waals surface area contributed by atoms with Crippen molar-refractivity contribution in [3.63, 3.8) is 0 Å². The maximum absolute atomic E-state index is 13.6. The van der Waals surface area contributed by atoms with E-state index in [0.717, 1.165) is 0 Å². The Morgan fingerprint density at radius 3 is 2.63 bits per heavy atom. The number of aromatic nitrogens is 4. The van der Waals surface area contributed by atoms with Crippen molar-refractivity contribution >= 4 is 47.9 Å². The van der Waals surface area contributed by atoms with Crippen LogP contribution in [-0.4, -0.2) is 93.1 Å². The molecule has 2 saturated heterocycles. The van der Waals surface area contributed by atoms with Crippen LogP contribution in [0.25, 0.3) is 11.2 Å². The van der Waals surface area contributed by atoms with Gasteiger partial charge in [-0.05, 0) is 0 Å². The number of aliphatic hydroxyl groups excluding tert-OH is 1. The first-order chi connectivity index (χ1) is 14.4. The molecule has 0 radical (unpaired) electrons. The van der Waals surface area contributed by atoms with Crippen LogP contribution in [0.5, 0.6) is 0 Å². The second kappa shape index (κ2) is 8.84. The van der Waals surface area contributed by atoms with E-state index >= 15 is 0 Å². The highest BCUT2D eigenvalue weighted by Crippen LogP contribution is 2.58. The summed E-state index contributed by atoms with van der Waals surface area (Å²) in [4.78, 5) is 14.9. The normalized spacial score (nSPS) is 31.0. The molecule has 2 aliphatic rings. The molecule has 2 fully saturated rings. The molecule has 30 heavy (non-hydrogen) atoms. The second-order valence-electron chi connectivity index (χ2n) is 7.24. The smallest absolute Gasteiger partial charge is 0.344 e. The maximum atomic E-state index is 13.6. The van der Waals surface area contributed by atoms with Crippen LogP contribution in [-0.2, 0) is 13.8 Å². The van der Waals surface area contributed by atoms with Crippen molar-refractivity contribution in [3.8, 4) is 0 Å². The molecule has 0 aromatic carbocycles. The molecule has 0 spiro atoms. The monoisotopic (exact) mass is 479 g/mol. The topological polar surface area (TPSA) is 118 Å². The van der Waals surface area contributed by atoms with Crippen molar-refractivity contribution in [1.82, 2.24) is 29.3 Å². The van der Waals surface area contributed by atoms with Crippen LogP contribution in [0.3, 0.4) is 0 Å². The number of rotatable bonds is 8. The van der Waals surface area contributed by atoms with Gasteiger partial charge in [0.15, 0.2) is 23.2 Å². The summed E-state index contributed by atoms with van der Waals surface area (Å²) in [7, 11) is 0.319. The first kappa shape index (κ1) is 22.2. The molecule has 14 heteroatoms. The quantitative estimate of drug-likeness (QED) is 0.419. The predicted molar refractivity (Wildman–Crippen MR) is 113 cm³/mol. The molecule has 4 rings (SSSR count). The van der Waals surface area contributed by atoms with Crippen LogP contribution in [0.4, 0.5) is 5.82 Å². The van der Waals surface area contributed by atoms with E-state index in [-0.39, 0.29) is 18.4 Å². The van der Waals surface area contributed by atoms with E-state index in [1.807, 2.05) is 19.0 Å². The fourth-order valence-corrected chi connectivity index (χ4v) is 6.82. The summed E-state index contributed by atoms with van der Waals surface area (Å²) in [5, 5.41) is 12.9. The summed E-state index contributed by atoms with van der Waals surface area (Å²) < 4.78 is 29.0. The lowest BCUT2D eigenvalue weighted by Gasteiger charge is -2.28. The number of nitrogens with zero attached hydrogens (tertiary/aromatic N) is 6. The van der Waals surface area contributed by atoms with Crippen molar-refractivity contribution < 1.29 is 18.9 Å². The van der Waals surface area contributed by atoms with Gasteiger partial charge in [-0.25, -0.2) is 24.7 Å². The molecule has 0 aliphatic carbocycles. The van der Waals surface area contributed by atoms with Crippen LogP contribution in [0.2, 0.25) is 0 Å². The molecule has 0 bridgehead atoms. The number of alkyl halides is 2. The maximum Gasteiger partial charge on any atom is 0.344 e. The molecule has 5 atom stereocenters. The molecule has 166 valence electrons. The Morgan fingerprint density at radius 1 is 1.27 bits per heavy atom. The van der Waals surface area contributed by atoms with E-state index < -0.39 is 32.1 Å². The molecule has 0 amide bonds. The number of ether oxygens (including phenoxy) is 1.